The summed E-state index contributed by atoms with van der Waals surface area (Å²) >= 11 is 0. The minimum Gasteiger partial charge on any atom is -0.398 e. The van der Waals surface area contributed by atoms with Crippen LogP contribution in [0.4, 0.5) is 5.69 Å². The van der Waals surface area contributed by atoms with Crippen molar-refractivity contribution in [1.82, 2.24) is 9.55 Å². The van der Waals surface area contributed by atoms with Crippen molar-refractivity contribution in [2.45, 2.75) is 0 Å². The van der Waals surface area contributed by atoms with Crippen molar-refractivity contribution in [1.29, 1.82) is 0 Å². The number of hydrogen-bond acceptors (Lipinski definition) is 2. The lowest BCUT2D eigenvalue weighted by Gasteiger charge is -2.10. The van der Waals surface area contributed by atoms with E-state index in [1.807, 2.05) is 49.5 Å². The Morgan fingerprint density at radius 3 is 2.52 bits per heavy atom. The average Bonchev–Trinajstić information content (AvgIpc) is 2.90. The number of pyridine rings is 1. The van der Waals surface area contributed by atoms with Gasteiger partial charge in [0, 0.05) is 35.3 Å². The highest BCUT2D eigenvalue weighted by molar-refractivity contribution is 6.10. The van der Waals surface area contributed by atoms with Gasteiger partial charge >= 0.3 is 0 Å². The summed E-state index contributed by atoms with van der Waals surface area (Å²) in [5, 5.41) is 2.38. The van der Waals surface area contributed by atoms with Crippen molar-refractivity contribution in [3.05, 3.63) is 60.8 Å². The van der Waals surface area contributed by atoms with Crippen molar-refractivity contribution >= 4 is 27.5 Å². The molecular formula is C18H15N3. The zero-order valence-corrected chi connectivity index (χ0v) is 11.7. The molecule has 0 aliphatic heterocycles. The number of nitrogen functional groups attached to an aromatic ring is 1. The van der Waals surface area contributed by atoms with Gasteiger partial charge in [-0.15, -0.1) is 0 Å². The summed E-state index contributed by atoms with van der Waals surface area (Å²) in [5.41, 5.74) is 10.9. The molecular weight excluding hydrogens is 258 g/mol. The highest BCUT2D eigenvalue weighted by atomic mass is 14.9. The first-order valence-corrected chi connectivity index (χ1v) is 6.94. The number of aryl methyl sites for hydroxylation is 1. The maximum atomic E-state index is 6.16. The SMILES string of the molecule is Cn1ccc2c3ccccc3nc(-c3ccccc3N)c21. The first-order valence-electron chi connectivity index (χ1n) is 6.94. The van der Waals surface area contributed by atoms with Crippen molar-refractivity contribution < 1.29 is 0 Å². The lowest BCUT2D eigenvalue weighted by Crippen LogP contribution is -1.96. The molecule has 0 aliphatic carbocycles. The van der Waals surface area contributed by atoms with Crippen LogP contribution in [0.5, 0.6) is 0 Å². The number of aromatic nitrogens is 2. The number of anilines is 1. The molecule has 0 saturated heterocycles. The van der Waals surface area contributed by atoms with Crippen LogP contribution < -0.4 is 5.73 Å². The first kappa shape index (κ1) is 12.0. The van der Waals surface area contributed by atoms with Crippen LogP contribution in [0.15, 0.2) is 60.8 Å². The summed E-state index contributed by atoms with van der Waals surface area (Å²) in [4.78, 5) is 4.87. The molecule has 4 aromatic rings. The summed E-state index contributed by atoms with van der Waals surface area (Å²) < 4.78 is 2.11. The Kier molecular flexibility index (Phi) is 2.48. The number of fused-ring (bicyclic) bond motifs is 3. The second-order valence-electron chi connectivity index (χ2n) is 5.25. The fourth-order valence-electron chi connectivity index (χ4n) is 2.91. The largest absolute Gasteiger partial charge is 0.398 e. The van der Waals surface area contributed by atoms with Crippen molar-refractivity contribution in [3.63, 3.8) is 0 Å². The van der Waals surface area contributed by atoms with Crippen LogP contribution in [0.1, 0.15) is 0 Å². The molecule has 2 aromatic carbocycles. The number of nitrogens with zero attached hydrogens (tertiary/aromatic N) is 2. The quantitative estimate of drug-likeness (QED) is 0.533. The van der Waals surface area contributed by atoms with E-state index in [1.165, 1.54) is 10.8 Å². The third-order valence-electron chi connectivity index (χ3n) is 3.94. The minimum atomic E-state index is 0.753. The molecule has 3 heteroatoms. The molecule has 0 atom stereocenters. The Bertz CT molecular complexity index is 967. The molecule has 0 saturated carbocycles. The van der Waals surface area contributed by atoms with Crippen molar-refractivity contribution in [2.24, 2.45) is 7.05 Å². The highest BCUT2D eigenvalue weighted by Crippen LogP contribution is 2.34. The Balaban J connectivity index is 2.21. The highest BCUT2D eigenvalue weighted by Gasteiger charge is 2.14. The molecule has 4 rings (SSSR count). The van der Waals surface area contributed by atoms with E-state index in [-0.39, 0.29) is 0 Å². The molecule has 0 bridgehead atoms. The standard InChI is InChI=1S/C18H15N3/c1-21-11-10-13-12-6-3-5-9-16(12)20-17(18(13)21)14-7-2-4-8-15(14)19/h2-11H,19H2,1H3. The zero-order chi connectivity index (χ0) is 14.4. The molecule has 0 fully saturated rings. The molecule has 102 valence electrons. The molecule has 0 radical (unpaired) electrons. The zero-order valence-electron chi connectivity index (χ0n) is 11.7. The van der Waals surface area contributed by atoms with Crippen LogP contribution in [0.3, 0.4) is 0 Å². The van der Waals surface area contributed by atoms with E-state index in [2.05, 4.69) is 22.9 Å². The Morgan fingerprint density at radius 2 is 1.67 bits per heavy atom. The number of rotatable bonds is 1. The lowest BCUT2D eigenvalue weighted by atomic mass is 10.0. The van der Waals surface area contributed by atoms with Crippen molar-refractivity contribution in [3.8, 4) is 11.3 Å². The maximum Gasteiger partial charge on any atom is 0.0973 e. The van der Waals surface area contributed by atoms with Gasteiger partial charge in [-0.3, -0.25) is 0 Å². The minimum absolute atomic E-state index is 0.753. The molecule has 2 N–H and O–H groups in total. The van der Waals surface area contributed by atoms with Gasteiger partial charge in [0.2, 0.25) is 0 Å². The summed E-state index contributed by atoms with van der Waals surface area (Å²) in [6.45, 7) is 0. The second-order valence-corrected chi connectivity index (χ2v) is 5.25. The van der Waals surface area contributed by atoms with Gasteiger partial charge < -0.3 is 10.3 Å². The third kappa shape index (κ3) is 1.71. The molecule has 3 nitrogen and oxygen atoms in total. The average molecular weight is 273 g/mol. The fraction of sp³-hybridized carbons (Fsp3) is 0.0556. The van der Waals surface area contributed by atoms with E-state index in [0.29, 0.717) is 0 Å². The molecule has 0 unspecified atom stereocenters. The van der Waals surface area contributed by atoms with E-state index in [1.54, 1.807) is 0 Å². The second kappa shape index (κ2) is 4.35. The van der Waals surface area contributed by atoms with Gasteiger partial charge in [0.05, 0.1) is 16.7 Å². The Morgan fingerprint density at radius 1 is 0.905 bits per heavy atom. The molecule has 2 aromatic heterocycles. The molecule has 21 heavy (non-hydrogen) atoms. The third-order valence-corrected chi connectivity index (χ3v) is 3.94. The number of para-hydroxylation sites is 2. The fourth-order valence-corrected chi connectivity index (χ4v) is 2.91. The van der Waals surface area contributed by atoms with Gasteiger partial charge in [-0.2, -0.15) is 0 Å². The van der Waals surface area contributed by atoms with Crippen molar-refractivity contribution in [2.75, 3.05) is 5.73 Å². The predicted molar refractivity (Wildman–Crippen MR) is 88.1 cm³/mol. The molecule has 0 aliphatic rings. The van der Waals surface area contributed by atoms with Gasteiger partial charge in [-0.25, -0.2) is 4.98 Å². The molecule has 0 amide bonds. The van der Waals surface area contributed by atoms with Crippen LogP contribution in [-0.4, -0.2) is 9.55 Å². The van der Waals surface area contributed by atoms with E-state index in [4.69, 9.17) is 10.7 Å². The Hall–Kier alpha value is -2.81. The van der Waals surface area contributed by atoms with Gasteiger partial charge in [0.25, 0.3) is 0 Å². The monoisotopic (exact) mass is 273 g/mol. The summed E-state index contributed by atoms with van der Waals surface area (Å²) in [5.74, 6) is 0. The van der Waals surface area contributed by atoms with Crippen LogP contribution in [0.2, 0.25) is 0 Å². The number of nitrogens with two attached hydrogens (primary N) is 1. The van der Waals surface area contributed by atoms with Gasteiger partial charge in [-0.1, -0.05) is 36.4 Å². The Labute approximate surface area is 122 Å². The predicted octanol–water partition coefficient (Wildman–Crippen LogP) is 3.98. The van der Waals surface area contributed by atoms with E-state index in [0.717, 1.165) is 28.0 Å². The van der Waals surface area contributed by atoms with E-state index >= 15 is 0 Å². The first-order chi connectivity index (χ1) is 10.3. The summed E-state index contributed by atoms with van der Waals surface area (Å²) in [7, 11) is 2.04. The topological polar surface area (TPSA) is 43.8 Å². The van der Waals surface area contributed by atoms with Gasteiger partial charge in [0.1, 0.15) is 0 Å². The summed E-state index contributed by atoms with van der Waals surface area (Å²) in [6.07, 6.45) is 2.07. The van der Waals surface area contributed by atoms with E-state index < -0.39 is 0 Å². The van der Waals surface area contributed by atoms with Gasteiger partial charge in [-0.05, 0) is 18.2 Å². The molecule has 0 spiro atoms. The van der Waals surface area contributed by atoms with Crippen LogP contribution in [-0.2, 0) is 7.05 Å². The normalized spacial score (nSPS) is 11.3. The number of hydrogen-bond donors (Lipinski definition) is 1. The maximum absolute atomic E-state index is 6.16. The lowest BCUT2D eigenvalue weighted by molar-refractivity contribution is 0.967. The summed E-state index contributed by atoms with van der Waals surface area (Å²) in [6, 6.07) is 18.3. The smallest absolute Gasteiger partial charge is 0.0973 e. The number of benzene rings is 2. The van der Waals surface area contributed by atoms with Crippen LogP contribution >= 0.6 is 0 Å². The molecule has 2 heterocycles. The van der Waals surface area contributed by atoms with E-state index in [9.17, 15) is 0 Å². The van der Waals surface area contributed by atoms with Gasteiger partial charge in [0.15, 0.2) is 0 Å². The van der Waals surface area contributed by atoms with Crippen LogP contribution in [0.25, 0.3) is 33.1 Å². The van der Waals surface area contributed by atoms with Crippen LogP contribution in [0, 0.1) is 0 Å².